The maximum atomic E-state index is 13.2. The fraction of sp³-hybridized carbons (Fsp3) is 0.391. The van der Waals surface area contributed by atoms with E-state index in [2.05, 4.69) is 15.4 Å². The lowest BCUT2D eigenvalue weighted by Gasteiger charge is -2.21. The zero-order chi connectivity index (χ0) is 24.3. The molecule has 0 radical (unpaired) electrons. The van der Waals surface area contributed by atoms with Crippen molar-refractivity contribution < 1.29 is 22.7 Å². The van der Waals surface area contributed by atoms with Crippen LogP contribution in [-0.2, 0) is 19.6 Å². The normalized spacial score (nSPS) is 15.1. The molecular formula is C23H27N5O5S. The Kier molecular flexibility index (Phi) is 6.94. The van der Waals surface area contributed by atoms with E-state index in [-0.39, 0.29) is 10.5 Å². The molecule has 1 fully saturated rings. The van der Waals surface area contributed by atoms with E-state index in [1.807, 2.05) is 0 Å². The van der Waals surface area contributed by atoms with Crippen molar-refractivity contribution in [3.63, 3.8) is 0 Å². The second-order valence-corrected chi connectivity index (χ2v) is 10.2. The van der Waals surface area contributed by atoms with Crippen molar-refractivity contribution in [1.29, 1.82) is 0 Å². The number of fused-ring (bicyclic) bond motifs is 1. The molecule has 180 valence electrons. The Morgan fingerprint density at radius 3 is 2.59 bits per heavy atom. The fourth-order valence-electron chi connectivity index (χ4n) is 4.01. The third kappa shape index (κ3) is 4.95. The Morgan fingerprint density at radius 1 is 1.12 bits per heavy atom. The first-order chi connectivity index (χ1) is 16.3. The summed E-state index contributed by atoms with van der Waals surface area (Å²) >= 11 is 0. The number of ether oxygens (including phenoxy) is 1. The molecule has 1 amide bonds. The van der Waals surface area contributed by atoms with Gasteiger partial charge in [-0.3, -0.25) is 4.79 Å². The highest BCUT2D eigenvalue weighted by molar-refractivity contribution is 7.89. The van der Waals surface area contributed by atoms with Gasteiger partial charge >= 0.3 is 5.97 Å². The van der Waals surface area contributed by atoms with Gasteiger partial charge in [0.2, 0.25) is 10.0 Å². The van der Waals surface area contributed by atoms with E-state index < -0.39 is 28.5 Å². The number of nitrogens with zero attached hydrogens (tertiary/aromatic N) is 4. The Hall–Kier alpha value is -3.31. The van der Waals surface area contributed by atoms with Crippen LogP contribution in [0.5, 0.6) is 0 Å². The van der Waals surface area contributed by atoms with Gasteiger partial charge in [0, 0.05) is 31.2 Å². The van der Waals surface area contributed by atoms with Crippen molar-refractivity contribution in [3.8, 4) is 0 Å². The number of esters is 1. The number of nitrogens with one attached hydrogen (secondary N) is 1. The number of carbonyl (C=O) groups is 2. The monoisotopic (exact) mass is 485 g/mol. The number of rotatable bonds is 6. The van der Waals surface area contributed by atoms with Crippen molar-refractivity contribution in [3.05, 3.63) is 53.5 Å². The van der Waals surface area contributed by atoms with E-state index in [9.17, 15) is 18.0 Å². The minimum absolute atomic E-state index is 0.164. The summed E-state index contributed by atoms with van der Waals surface area (Å²) in [7, 11) is -3.67. The second kappa shape index (κ2) is 9.90. The highest BCUT2D eigenvalue weighted by Gasteiger charge is 2.27. The van der Waals surface area contributed by atoms with Crippen LogP contribution < -0.4 is 5.32 Å². The number of anilines is 1. The lowest BCUT2D eigenvalue weighted by molar-refractivity contribution is -0.119. The van der Waals surface area contributed by atoms with Gasteiger partial charge in [-0.15, -0.1) is 0 Å². The first-order valence-electron chi connectivity index (χ1n) is 11.1. The van der Waals surface area contributed by atoms with Crippen LogP contribution in [0.2, 0.25) is 0 Å². The van der Waals surface area contributed by atoms with E-state index in [0.717, 1.165) is 25.7 Å². The molecule has 1 aromatic carbocycles. The molecule has 11 heteroatoms. The fourth-order valence-corrected chi connectivity index (χ4v) is 5.78. The number of hydrogen-bond donors (Lipinski definition) is 1. The van der Waals surface area contributed by atoms with Gasteiger partial charge in [0.25, 0.3) is 5.91 Å². The first-order valence-corrected chi connectivity index (χ1v) is 12.6. The summed E-state index contributed by atoms with van der Waals surface area (Å²) in [5, 5.41) is 6.82. The van der Waals surface area contributed by atoms with Crippen LogP contribution in [0.3, 0.4) is 0 Å². The van der Waals surface area contributed by atoms with E-state index in [1.165, 1.54) is 21.1 Å². The van der Waals surface area contributed by atoms with Crippen molar-refractivity contribution in [1.82, 2.24) is 18.9 Å². The topological polar surface area (TPSA) is 123 Å². The molecule has 3 aromatic rings. The Bertz CT molecular complexity index is 1330. The van der Waals surface area contributed by atoms with Crippen LogP contribution in [0.4, 0.5) is 5.69 Å². The summed E-state index contributed by atoms with van der Waals surface area (Å²) < 4.78 is 34.6. The van der Waals surface area contributed by atoms with Crippen molar-refractivity contribution in [2.75, 3.05) is 25.0 Å². The van der Waals surface area contributed by atoms with Gasteiger partial charge in [0.15, 0.2) is 12.3 Å². The molecule has 34 heavy (non-hydrogen) atoms. The minimum Gasteiger partial charge on any atom is -0.452 e. The number of benzene rings is 1. The molecule has 0 unspecified atom stereocenters. The molecule has 10 nitrogen and oxygen atoms in total. The third-order valence-electron chi connectivity index (χ3n) is 5.76. The summed E-state index contributed by atoms with van der Waals surface area (Å²) in [5.74, 6) is -1.30. The molecule has 0 bridgehead atoms. The summed E-state index contributed by atoms with van der Waals surface area (Å²) in [6, 6.07) is 6.41. The largest absolute Gasteiger partial charge is 0.452 e. The molecule has 2 aromatic heterocycles. The predicted molar refractivity (Wildman–Crippen MR) is 125 cm³/mol. The van der Waals surface area contributed by atoms with Crippen LogP contribution >= 0.6 is 0 Å². The zero-order valence-corrected chi connectivity index (χ0v) is 20.0. The Labute approximate surface area is 198 Å². The predicted octanol–water partition coefficient (Wildman–Crippen LogP) is 2.71. The number of aryl methyl sites for hydroxylation is 2. The molecule has 3 heterocycles. The lowest BCUT2D eigenvalue weighted by atomic mass is 10.2. The average molecular weight is 486 g/mol. The number of aromatic nitrogens is 3. The molecule has 1 saturated heterocycles. The molecule has 0 aliphatic carbocycles. The number of carbonyl (C=O) groups excluding carboxylic acids is 2. The van der Waals surface area contributed by atoms with E-state index >= 15 is 0 Å². The van der Waals surface area contributed by atoms with Crippen molar-refractivity contribution in [2.24, 2.45) is 0 Å². The van der Waals surface area contributed by atoms with Gasteiger partial charge in [0.1, 0.15) is 5.56 Å². The number of sulfonamides is 1. The summed E-state index contributed by atoms with van der Waals surface area (Å²) in [4.78, 5) is 29.3. The van der Waals surface area contributed by atoms with Gasteiger partial charge in [-0.2, -0.15) is 9.40 Å². The Balaban J connectivity index is 1.44. The van der Waals surface area contributed by atoms with Crippen LogP contribution in [0, 0.1) is 13.8 Å². The maximum Gasteiger partial charge on any atom is 0.344 e. The zero-order valence-electron chi connectivity index (χ0n) is 19.2. The van der Waals surface area contributed by atoms with Gasteiger partial charge in [-0.25, -0.2) is 22.7 Å². The SMILES string of the molecule is Cc1ccc(NC(=O)COC(=O)c2c(C)nn3cccnc23)cc1S(=O)(=O)N1CCCCCC1. The van der Waals surface area contributed by atoms with Crippen LogP contribution in [-0.4, -0.2) is 58.9 Å². The molecule has 0 atom stereocenters. The maximum absolute atomic E-state index is 13.2. The van der Waals surface area contributed by atoms with E-state index in [0.29, 0.717) is 35.7 Å². The van der Waals surface area contributed by atoms with Gasteiger partial charge in [-0.1, -0.05) is 18.9 Å². The lowest BCUT2D eigenvalue weighted by Crippen LogP contribution is -2.32. The van der Waals surface area contributed by atoms with Gasteiger partial charge in [-0.05, 0) is 50.5 Å². The highest BCUT2D eigenvalue weighted by Crippen LogP contribution is 2.26. The molecule has 0 saturated carbocycles. The summed E-state index contributed by atoms with van der Waals surface area (Å²) in [6.45, 7) is 3.83. The molecule has 4 rings (SSSR count). The smallest absolute Gasteiger partial charge is 0.344 e. The van der Waals surface area contributed by atoms with Gasteiger partial charge < -0.3 is 10.1 Å². The number of amides is 1. The van der Waals surface area contributed by atoms with Gasteiger partial charge in [0.05, 0.1) is 10.6 Å². The molecule has 1 N–H and O–H groups in total. The highest BCUT2D eigenvalue weighted by atomic mass is 32.2. The quantitative estimate of drug-likeness (QED) is 0.533. The standard InChI is InChI=1S/C23H27N5O5S/c1-16-8-9-18(14-19(16)34(31,32)27-11-5-3-4-6-12-27)25-20(29)15-33-23(30)21-17(2)26-28-13-7-10-24-22(21)28/h7-10,13-14H,3-6,11-12,15H2,1-2H3,(H,25,29). The van der Waals surface area contributed by atoms with Crippen molar-refractivity contribution in [2.45, 2.75) is 44.4 Å². The molecular weight excluding hydrogens is 458 g/mol. The van der Waals surface area contributed by atoms with Crippen LogP contribution in [0.15, 0.2) is 41.6 Å². The third-order valence-corrected chi connectivity index (χ3v) is 7.80. The van der Waals surface area contributed by atoms with E-state index in [1.54, 1.807) is 38.2 Å². The molecule has 1 aliphatic rings. The molecule has 0 spiro atoms. The average Bonchev–Trinajstić information content (AvgIpc) is 2.96. The molecule has 1 aliphatic heterocycles. The van der Waals surface area contributed by atoms with Crippen LogP contribution in [0.25, 0.3) is 5.65 Å². The minimum atomic E-state index is -3.67. The van der Waals surface area contributed by atoms with Crippen molar-refractivity contribution >= 4 is 33.2 Å². The Morgan fingerprint density at radius 2 is 1.85 bits per heavy atom. The summed E-state index contributed by atoms with van der Waals surface area (Å²) in [6.07, 6.45) is 6.90. The van der Waals surface area contributed by atoms with Crippen LogP contribution in [0.1, 0.15) is 47.3 Å². The first kappa shape index (κ1) is 23.8. The second-order valence-electron chi connectivity index (χ2n) is 8.27. The summed E-state index contributed by atoms with van der Waals surface area (Å²) in [5.41, 5.74) is 1.88. The van der Waals surface area contributed by atoms with E-state index in [4.69, 9.17) is 4.74 Å². The number of hydrogen-bond acceptors (Lipinski definition) is 7.